The molecule has 6 heteroatoms. The highest BCUT2D eigenvalue weighted by atomic mass is 79.9. The summed E-state index contributed by atoms with van der Waals surface area (Å²) in [5, 5.41) is 6.81. The molecule has 0 atom stereocenters. The molecule has 0 fully saturated rings. The van der Waals surface area contributed by atoms with Crippen LogP contribution in [0.5, 0.6) is 11.5 Å². The van der Waals surface area contributed by atoms with Gasteiger partial charge in [0, 0.05) is 11.6 Å². The summed E-state index contributed by atoms with van der Waals surface area (Å²) in [5.74, 6) is 1.94. The van der Waals surface area contributed by atoms with Crippen LogP contribution in [0.15, 0.2) is 16.6 Å². The predicted molar refractivity (Wildman–Crippen MR) is 67.0 cm³/mol. The summed E-state index contributed by atoms with van der Waals surface area (Å²) < 4.78 is 11.7. The number of nitrogens with two attached hydrogens (primary N) is 1. The summed E-state index contributed by atoms with van der Waals surface area (Å²) in [7, 11) is 0. The second-order valence-corrected chi connectivity index (χ2v) is 4.60. The number of hydrogen-bond acceptors (Lipinski definition) is 4. The molecule has 1 aromatic carbocycles. The van der Waals surface area contributed by atoms with E-state index < -0.39 is 0 Å². The summed E-state index contributed by atoms with van der Waals surface area (Å²) in [6.07, 6.45) is 0. The van der Waals surface area contributed by atoms with Crippen LogP contribution < -0.4 is 15.2 Å². The van der Waals surface area contributed by atoms with Gasteiger partial charge < -0.3 is 15.2 Å². The average molecular weight is 296 g/mol. The third-order valence-electron chi connectivity index (χ3n) is 2.74. The normalized spacial score (nSPS) is 13.1. The predicted octanol–water partition coefficient (Wildman–Crippen LogP) is 2.46. The first kappa shape index (κ1) is 10.5. The Hall–Kier alpha value is -1.69. The fourth-order valence-electron chi connectivity index (χ4n) is 1.85. The van der Waals surface area contributed by atoms with Crippen LogP contribution in [0.1, 0.15) is 5.56 Å². The number of nitrogens with zero attached hydrogens (tertiary/aromatic N) is 1. The monoisotopic (exact) mass is 295 g/mol. The van der Waals surface area contributed by atoms with Crippen molar-refractivity contribution in [1.82, 2.24) is 10.2 Å². The lowest BCUT2D eigenvalue weighted by Crippen LogP contribution is -1.93. The van der Waals surface area contributed by atoms with Gasteiger partial charge in [-0.05, 0) is 34.5 Å². The zero-order valence-corrected chi connectivity index (χ0v) is 10.7. The number of nitrogens with one attached hydrogen (secondary N) is 1. The number of aromatic amines is 1. The Bertz CT molecular complexity index is 595. The van der Waals surface area contributed by atoms with Crippen molar-refractivity contribution in [2.45, 2.75) is 6.92 Å². The minimum Gasteiger partial charge on any atom is -0.454 e. The van der Waals surface area contributed by atoms with Crippen molar-refractivity contribution in [2.24, 2.45) is 0 Å². The second-order valence-electron chi connectivity index (χ2n) is 3.80. The summed E-state index contributed by atoms with van der Waals surface area (Å²) in [6.45, 7) is 2.25. The Morgan fingerprint density at radius 2 is 2.24 bits per heavy atom. The molecule has 2 heterocycles. The first-order valence-corrected chi connectivity index (χ1v) is 5.86. The largest absolute Gasteiger partial charge is 0.454 e. The van der Waals surface area contributed by atoms with E-state index in [9.17, 15) is 0 Å². The van der Waals surface area contributed by atoms with Crippen LogP contribution in [-0.2, 0) is 0 Å². The van der Waals surface area contributed by atoms with Gasteiger partial charge in [0.2, 0.25) is 6.79 Å². The molecule has 17 heavy (non-hydrogen) atoms. The molecule has 88 valence electrons. The molecule has 1 aromatic heterocycles. The first-order valence-electron chi connectivity index (χ1n) is 5.07. The maximum absolute atomic E-state index is 5.61. The van der Waals surface area contributed by atoms with Gasteiger partial charge in [0.25, 0.3) is 0 Å². The molecular formula is C11H10BrN3O2. The molecule has 0 bridgehead atoms. The molecule has 3 N–H and O–H groups in total. The zero-order valence-electron chi connectivity index (χ0n) is 9.08. The fraction of sp³-hybridized carbons (Fsp3) is 0.182. The smallest absolute Gasteiger partial charge is 0.231 e. The zero-order chi connectivity index (χ0) is 12.0. The molecule has 0 saturated carbocycles. The molecular weight excluding hydrogens is 286 g/mol. The van der Waals surface area contributed by atoms with E-state index >= 15 is 0 Å². The van der Waals surface area contributed by atoms with E-state index in [0.29, 0.717) is 5.82 Å². The van der Waals surface area contributed by atoms with Gasteiger partial charge in [-0.25, -0.2) is 0 Å². The number of nitrogen functional groups attached to an aromatic ring is 1. The van der Waals surface area contributed by atoms with Crippen LogP contribution in [-0.4, -0.2) is 17.0 Å². The number of halogens is 1. The van der Waals surface area contributed by atoms with E-state index in [1.165, 1.54) is 0 Å². The third-order valence-corrected chi connectivity index (χ3v) is 3.69. The van der Waals surface area contributed by atoms with E-state index in [1.54, 1.807) is 6.07 Å². The molecule has 0 saturated heterocycles. The molecule has 1 aliphatic rings. The topological polar surface area (TPSA) is 73.2 Å². The molecule has 0 spiro atoms. The number of benzene rings is 1. The van der Waals surface area contributed by atoms with Crippen molar-refractivity contribution in [2.75, 3.05) is 12.5 Å². The molecule has 0 unspecified atom stereocenters. The van der Waals surface area contributed by atoms with E-state index in [1.807, 2.05) is 13.0 Å². The van der Waals surface area contributed by atoms with Crippen molar-refractivity contribution in [3.63, 3.8) is 0 Å². The van der Waals surface area contributed by atoms with E-state index in [-0.39, 0.29) is 6.79 Å². The average Bonchev–Trinajstić information content (AvgIpc) is 2.91. The number of H-pyrrole nitrogens is 1. The lowest BCUT2D eigenvalue weighted by atomic mass is 10.0. The summed E-state index contributed by atoms with van der Waals surface area (Å²) in [5.41, 5.74) is 8.51. The quantitative estimate of drug-likeness (QED) is 0.848. The minimum atomic E-state index is 0.252. The van der Waals surface area contributed by atoms with Crippen LogP contribution in [0.3, 0.4) is 0 Å². The van der Waals surface area contributed by atoms with Crippen molar-refractivity contribution < 1.29 is 9.47 Å². The Kier molecular flexibility index (Phi) is 2.25. The molecule has 1 aliphatic heterocycles. The number of fused-ring (bicyclic) bond motifs is 1. The number of aromatic nitrogens is 2. The highest BCUT2D eigenvalue weighted by Crippen LogP contribution is 2.45. The molecule has 2 aromatic rings. The van der Waals surface area contributed by atoms with Crippen LogP contribution in [0.25, 0.3) is 11.3 Å². The van der Waals surface area contributed by atoms with E-state index in [0.717, 1.165) is 32.8 Å². The Morgan fingerprint density at radius 3 is 2.94 bits per heavy atom. The molecule has 0 radical (unpaired) electrons. The van der Waals surface area contributed by atoms with Crippen molar-refractivity contribution >= 4 is 21.7 Å². The minimum absolute atomic E-state index is 0.252. The Balaban J connectivity index is 2.21. The standard InChI is InChI=1S/C11H10BrN3O2/c1-5-6(7-3-9(13)15-14-7)2-8-11(10(5)12)17-4-16-8/h2-3H,4H2,1H3,(H3,13,14,15). The van der Waals surface area contributed by atoms with Gasteiger partial charge >= 0.3 is 0 Å². The Labute approximate surface area is 106 Å². The molecule has 0 aliphatic carbocycles. The Morgan fingerprint density at radius 1 is 1.41 bits per heavy atom. The van der Waals surface area contributed by atoms with Gasteiger partial charge in [0.15, 0.2) is 11.5 Å². The van der Waals surface area contributed by atoms with Crippen molar-refractivity contribution in [3.8, 4) is 22.8 Å². The maximum atomic E-state index is 5.61. The first-order chi connectivity index (χ1) is 8.16. The van der Waals surface area contributed by atoms with Crippen LogP contribution in [0.2, 0.25) is 0 Å². The van der Waals surface area contributed by atoms with Crippen molar-refractivity contribution in [3.05, 3.63) is 22.2 Å². The summed E-state index contributed by atoms with van der Waals surface area (Å²) in [6, 6.07) is 3.71. The molecule has 0 amide bonds. The van der Waals surface area contributed by atoms with E-state index in [2.05, 4.69) is 26.1 Å². The molecule has 5 nitrogen and oxygen atoms in total. The van der Waals surface area contributed by atoms with Gasteiger partial charge in [-0.1, -0.05) is 0 Å². The van der Waals surface area contributed by atoms with Gasteiger partial charge in [-0.15, -0.1) is 0 Å². The number of anilines is 1. The van der Waals surface area contributed by atoms with E-state index in [4.69, 9.17) is 15.2 Å². The fourth-order valence-corrected chi connectivity index (χ4v) is 2.37. The summed E-state index contributed by atoms with van der Waals surface area (Å²) >= 11 is 3.52. The van der Waals surface area contributed by atoms with Gasteiger partial charge in [0.05, 0.1) is 10.2 Å². The number of ether oxygens (including phenoxy) is 2. The SMILES string of the molecule is Cc1c(-c2cc(N)n[nH]2)cc2c(c1Br)OCO2. The van der Waals surface area contributed by atoms with Crippen LogP contribution in [0, 0.1) is 6.92 Å². The number of hydrogen-bond donors (Lipinski definition) is 2. The molecule has 3 rings (SSSR count). The van der Waals surface area contributed by atoms with Gasteiger partial charge in [0.1, 0.15) is 5.82 Å². The lowest BCUT2D eigenvalue weighted by Gasteiger charge is -2.08. The van der Waals surface area contributed by atoms with Gasteiger partial charge in [-0.2, -0.15) is 5.10 Å². The second kappa shape index (κ2) is 3.66. The van der Waals surface area contributed by atoms with Crippen molar-refractivity contribution in [1.29, 1.82) is 0 Å². The summed E-state index contributed by atoms with van der Waals surface area (Å²) in [4.78, 5) is 0. The third kappa shape index (κ3) is 1.56. The van der Waals surface area contributed by atoms with Crippen LogP contribution in [0.4, 0.5) is 5.82 Å². The number of rotatable bonds is 1. The lowest BCUT2D eigenvalue weighted by molar-refractivity contribution is 0.173. The van der Waals surface area contributed by atoms with Gasteiger partial charge in [-0.3, -0.25) is 5.10 Å². The highest BCUT2D eigenvalue weighted by molar-refractivity contribution is 9.10. The maximum Gasteiger partial charge on any atom is 0.231 e. The van der Waals surface area contributed by atoms with Crippen LogP contribution >= 0.6 is 15.9 Å². The highest BCUT2D eigenvalue weighted by Gasteiger charge is 2.22.